The molecule has 1 aromatic carbocycles. The third kappa shape index (κ3) is 3.98. The molecule has 0 spiro atoms. The number of amides is 2. The van der Waals surface area contributed by atoms with E-state index in [-0.39, 0.29) is 17.6 Å². The van der Waals surface area contributed by atoms with Crippen molar-refractivity contribution in [2.75, 3.05) is 5.32 Å². The lowest BCUT2D eigenvalue weighted by Crippen LogP contribution is -2.36. The molecule has 2 amide bonds. The van der Waals surface area contributed by atoms with Gasteiger partial charge in [-0.15, -0.1) is 0 Å². The highest BCUT2D eigenvalue weighted by molar-refractivity contribution is 5.92. The van der Waals surface area contributed by atoms with Gasteiger partial charge in [0.05, 0.1) is 5.56 Å². The molecule has 0 aromatic heterocycles. The van der Waals surface area contributed by atoms with Crippen molar-refractivity contribution in [3.63, 3.8) is 0 Å². The first kappa shape index (κ1) is 14.4. The number of carbonyl (C=O) groups is 2. The Morgan fingerprint density at radius 3 is 2.65 bits per heavy atom. The van der Waals surface area contributed by atoms with Crippen molar-refractivity contribution in [3.8, 4) is 0 Å². The van der Waals surface area contributed by atoms with Gasteiger partial charge in [-0.2, -0.15) is 0 Å². The smallest absolute Gasteiger partial charge is 0.335 e. The number of aromatic carboxylic acids is 1. The summed E-state index contributed by atoms with van der Waals surface area (Å²) in [5, 5.41) is 14.6. The van der Waals surface area contributed by atoms with Gasteiger partial charge in [0.15, 0.2) is 0 Å². The van der Waals surface area contributed by atoms with Gasteiger partial charge in [-0.25, -0.2) is 9.59 Å². The Bertz CT molecular complexity index is 524. The molecule has 0 radical (unpaired) electrons. The summed E-state index contributed by atoms with van der Waals surface area (Å²) >= 11 is 0. The molecule has 5 nitrogen and oxygen atoms in total. The van der Waals surface area contributed by atoms with Crippen molar-refractivity contribution < 1.29 is 14.7 Å². The Morgan fingerprint density at radius 1 is 1.40 bits per heavy atom. The van der Waals surface area contributed by atoms with E-state index < -0.39 is 5.97 Å². The molecular weight excluding hydrogens is 256 g/mol. The van der Waals surface area contributed by atoms with E-state index in [1.165, 1.54) is 18.9 Å². The third-order valence-corrected chi connectivity index (χ3v) is 3.48. The fourth-order valence-corrected chi connectivity index (χ4v) is 2.28. The molecule has 20 heavy (non-hydrogen) atoms. The van der Waals surface area contributed by atoms with Crippen LogP contribution in [0.25, 0.3) is 0 Å². The lowest BCUT2D eigenvalue weighted by Gasteiger charge is -2.14. The second-order valence-corrected chi connectivity index (χ2v) is 5.51. The van der Waals surface area contributed by atoms with Gasteiger partial charge in [0.2, 0.25) is 0 Å². The average molecular weight is 276 g/mol. The first-order valence-electron chi connectivity index (χ1n) is 6.87. The highest BCUT2D eigenvalue weighted by Gasteiger charge is 2.24. The van der Waals surface area contributed by atoms with E-state index in [0.717, 1.165) is 12.3 Å². The molecular formula is C15H20N2O3. The average Bonchev–Trinajstić information content (AvgIpc) is 3.11. The van der Waals surface area contributed by atoms with E-state index >= 15 is 0 Å². The standard InChI is InChI=1S/C15H20N2O3/c1-9-7-12(5-6-13(9)14(18)19)17-15(20)16-10(2)8-11-3-4-11/h5-7,10-11H,3-4,8H2,1-2H3,(H,18,19)(H2,16,17,20). The molecule has 0 heterocycles. The van der Waals surface area contributed by atoms with Crippen LogP contribution in [-0.4, -0.2) is 23.1 Å². The summed E-state index contributed by atoms with van der Waals surface area (Å²) in [7, 11) is 0. The molecule has 1 unspecified atom stereocenters. The number of hydrogen-bond donors (Lipinski definition) is 3. The normalized spacial score (nSPS) is 15.5. The predicted molar refractivity (Wildman–Crippen MR) is 77.1 cm³/mol. The summed E-state index contributed by atoms with van der Waals surface area (Å²) in [5.74, 6) is -0.195. The summed E-state index contributed by atoms with van der Waals surface area (Å²) in [6.45, 7) is 3.71. The van der Waals surface area contributed by atoms with Gasteiger partial charge in [-0.1, -0.05) is 12.8 Å². The van der Waals surface area contributed by atoms with Gasteiger partial charge < -0.3 is 15.7 Å². The van der Waals surface area contributed by atoms with Crippen LogP contribution in [0.3, 0.4) is 0 Å². The van der Waals surface area contributed by atoms with Crippen LogP contribution in [0.1, 0.15) is 42.1 Å². The predicted octanol–water partition coefficient (Wildman–Crippen LogP) is 3.00. The van der Waals surface area contributed by atoms with Crippen molar-refractivity contribution in [2.24, 2.45) is 5.92 Å². The van der Waals surface area contributed by atoms with Gasteiger partial charge in [0, 0.05) is 11.7 Å². The number of hydrogen-bond acceptors (Lipinski definition) is 2. The van der Waals surface area contributed by atoms with E-state index in [4.69, 9.17) is 5.11 Å². The molecule has 1 fully saturated rings. The Kier molecular flexibility index (Phi) is 4.27. The Hall–Kier alpha value is -2.04. The number of anilines is 1. The molecule has 3 N–H and O–H groups in total. The van der Waals surface area contributed by atoms with E-state index in [0.29, 0.717) is 11.3 Å². The number of benzene rings is 1. The fourth-order valence-electron chi connectivity index (χ4n) is 2.28. The summed E-state index contributed by atoms with van der Waals surface area (Å²) < 4.78 is 0. The van der Waals surface area contributed by atoms with Crippen LogP contribution in [0.15, 0.2) is 18.2 Å². The highest BCUT2D eigenvalue weighted by atomic mass is 16.4. The van der Waals surface area contributed by atoms with Crippen LogP contribution in [0.4, 0.5) is 10.5 Å². The zero-order valence-electron chi connectivity index (χ0n) is 11.8. The maximum Gasteiger partial charge on any atom is 0.335 e. The Morgan fingerprint density at radius 2 is 2.10 bits per heavy atom. The van der Waals surface area contributed by atoms with Crippen molar-refractivity contribution in [1.29, 1.82) is 0 Å². The number of carboxylic acids is 1. The van der Waals surface area contributed by atoms with Gasteiger partial charge in [0.25, 0.3) is 0 Å². The minimum absolute atomic E-state index is 0.155. The molecule has 1 aliphatic carbocycles. The van der Waals surface area contributed by atoms with Gasteiger partial charge >= 0.3 is 12.0 Å². The monoisotopic (exact) mass is 276 g/mol. The first-order valence-corrected chi connectivity index (χ1v) is 6.87. The maximum atomic E-state index is 11.8. The van der Waals surface area contributed by atoms with Crippen LogP contribution in [0.2, 0.25) is 0 Å². The number of aryl methyl sites for hydroxylation is 1. The van der Waals surface area contributed by atoms with E-state index in [9.17, 15) is 9.59 Å². The molecule has 0 bridgehead atoms. The zero-order valence-corrected chi connectivity index (χ0v) is 11.8. The van der Waals surface area contributed by atoms with E-state index in [2.05, 4.69) is 10.6 Å². The minimum atomic E-state index is -0.962. The lowest BCUT2D eigenvalue weighted by molar-refractivity contribution is 0.0696. The summed E-state index contributed by atoms with van der Waals surface area (Å²) in [5.41, 5.74) is 1.48. The minimum Gasteiger partial charge on any atom is -0.478 e. The first-order chi connectivity index (χ1) is 9.45. The maximum absolute atomic E-state index is 11.8. The summed E-state index contributed by atoms with van der Waals surface area (Å²) in [6.07, 6.45) is 3.55. The number of carboxylic acid groups (broad SMARTS) is 1. The van der Waals surface area contributed by atoms with Gasteiger partial charge in [-0.3, -0.25) is 0 Å². The summed E-state index contributed by atoms with van der Waals surface area (Å²) in [4.78, 5) is 22.7. The topological polar surface area (TPSA) is 78.4 Å². The molecule has 0 aliphatic heterocycles. The van der Waals surface area contributed by atoms with E-state index in [1.807, 2.05) is 6.92 Å². The number of carbonyl (C=O) groups excluding carboxylic acids is 1. The second kappa shape index (κ2) is 5.94. The molecule has 1 saturated carbocycles. The number of urea groups is 1. The van der Waals surface area contributed by atoms with Gasteiger partial charge in [-0.05, 0) is 49.9 Å². The third-order valence-electron chi connectivity index (χ3n) is 3.48. The van der Waals surface area contributed by atoms with Crippen LogP contribution in [-0.2, 0) is 0 Å². The molecule has 1 atom stereocenters. The van der Waals surface area contributed by atoms with E-state index in [1.54, 1.807) is 19.1 Å². The summed E-state index contributed by atoms with van der Waals surface area (Å²) in [6, 6.07) is 4.67. The SMILES string of the molecule is Cc1cc(NC(=O)NC(C)CC2CC2)ccc1C(=O)O. The molecule has 5 heteroatoms. The quantitative estimate of drug-likeness (QED) is 0.773. The molecule has 2 rings (SSSR count). The van der Waals surface area contributed by atoms with Crippen LogP contribution in [0.5, 0.6) is 0 Å². The van der Waals surface area contributed by atoms with Gasteiger partial charge in [0.1, 0.15) is 0 Å². The largest absolute Gasteiger partial charge is 0.478 e. The van der Waals surface area contributed by atoms with Crippen LogP contribution in [0, 0.1) is 12.8 Å². The van der Waals surface area contributed by atoms with Crippen molar-refractivity contribution in [3.05, 3.63) is 29.3 Å². The second-order valence-electron chi connectivity index (χ2n) is 5.51. The van der Waals surface area contributed by atoms with Crippen molar-refractivity contribution >= 4 is 17.7 Å². The number of nitrogens with one attached hydrogen (secondary N) is 2. The van der Waals surface area contributed by atoms with Crippen LogP contribution >= 0.6 is 0 Å². The lowest BCUT2D eigenvalue weighted by atomic mass is 10.1. The van der Waals surface area contributed by atoms with Crippen LogP contribution < -0.4 is 10.6 Å². The molecule has 0 saturated heterocycles. The molecule has 1 aliphatic rings. The fraction of sp³-hybridized carbons (Fsp3) is 0.467. The Balaban J connectivity index is 1.90. The highest BCUT2D eigenvalue weighted by Crippen LogP contribution is 2.33. The van der Waals surface area contributed by atoms with Crippen molar-refractivity contribution in [1.82, 2.24) is 5.32 Å². The van der Waals surface area contributed by atoms with Crippen molar-refractivity contribution in [2.45, 2.75) is 39.2 Å². The molecule has 1 aromatic rings. The Labute approximate surface area is 118 Å². The molecule has 108 valence electrons. The zero-order chi connectivity index (χ0) is 14.7. The number of rotatable bonds is 5.